The standard InChI is InChI=1S/C10H12ClNS/c11-8-2-1-3-9(6-8)12-10-4-5-13-7-10/h1-3,6,10,12H,4-5,7H2/t10-/m1/s1. The van der Waals surface area contributed by atoms with Crippen molar-refractivity contribution in [2.75, 3.05) is 16.8 Å². The molecule has 70 valence electrons. The molecule has 1 heterocycles. The molecule has 0 amide bonds. The molecule has 1 atom stereocenters. The van der Waals surface area contributed by atoms with E-state index in [0.29, 0.717) is 6.04 Å². The van der Waals surface area contributed by atoms with Gasteiger partial charge in [-0.2, -0.15) is 11.8 Å². The Morgan fingerprint density at radius 1 is 1.46 bits per heavy atom. The number of hydrogen-bond donors (Lipinski definition) is 1. The summed E-state index contributed by atoms with van der Waals surface area (Å²) in [6.45, 7) is 0. The van der Waals surface area contributed by atoms with Gasteiger partial charge in [-0.1, -0.05) is 17.7 Å². The number of thioether (sulfide) groups is 1. The molecule has 2 rings (SSSR count). The fraction of sp³-hybridized carbons (Fsp3) is 0.400. The van der Waals surface area contributed by atoms with Crippen molar-refractivity contribution < 1.29 is 0 Å². The van der Waals surface area contributed by atoms with Crippen LogP contribution >= 0.6 is 23.4 Å². The lowest BCUT2D eigenvalue weighted by Gasteiger charge is -2.12. The van der Waals surface area contributed by atoms with E-state index in [1.54, 1.807) is 0 Å². The van der Waals surface area contributed by atoms with Gasteiger partial charge in [0.1, 0.15) is 0 Å². The van der Waals surface area contributed by atoms with Crippen molar-refractivity contribution in [1.29, 1.82) is 0 Å². The number of anilines is 1. The van der Waals surface area contributed by atoms with Crippen molar-refractivity contribution in [2.45, 2.75) is 12.5 Å². The molecule has 0 saturated carbocycles. The molecule has 0 aromatic heterocycles. The number of rotatable bonds is 2. The zero-order valence-corrected chi connectivity index (χ0v) is 8.87. The first-order chi connectivity index (χ1) is 6.34. The Balaban J connectivity index is 2.00. The Bertz CT molecular complexity index is 284. The molecular formula is C10H12ClNS. The summed E-state index contributed by atoms with van der Waals surface area (Å²) in [5.41, 5.74) is 1.14. The highest BCUT2D eigenvalue weighted by atomic mass is 35.5. The van der Waals surface area contributed by atoms with E-state index in [2.05, 4.69) is 11.4 Å². The summed E-state index contributed by atoms with van der Waals surface area (Å²) < 4.78 is 0. The Labute approximate surface area is 87.9 Å². The molecule has 0 spiro atoms. The molecule has 1 aromatic rings. The van der Waals surface area contributed by atoms with Crippen molar-refractivity contribution in [3.63, 3.8) is 0 Å². The minimum absolute atomic E-state index is 0.628. The third kappa shape index (κ3) is 2.55. The van der Waals surface area contributed by atoms with Crippen LogP contribution in [0.25, 0.3) is 0 Å². The zero-order valence-electron chi connectivity index (χ0n) is 7.29. The molecule has 1 aliphatic rings. The molecule has 1 saturated heterocycles. The van der Waals surface area contributed by atoms with Crippen LogP contribution in [-0.2, 0) is 0 Å². The third-order valence-corrected chi connectivity index (χ3v) is 3.52. The second-order valence-electron chi connectivity index (χ2n) is 3.22. The van der Waals surface area contributed by atoms with Gasteiger partial charge in [-0.15, -0.1) is 0 Å². The number of hydrogen-bond acceptors (Lipinski definition) is 2. The fourth-order valence-corrected chi connectivity index (χ4v) is 2.80. The minimum atomic E-state index is 0.628. The molecule has 1 aromatic carbocycles. The number of nitrogens with one attached hydrogen (secondary N) is 1. The van der Waals surface area contributed by atoms with Gasteiger partial charge in [0.2, 0.25) is 0 Å². The maximum atomic E-state index is 5.89. The second kappa shape index (κ2) is 4.25. The van der Waals surface area contributed by atoms with Crippen LogP contribution in [0.3, 0.4) is 0 Å². The van der Waals surface area contributed by atoms with Crippen LogP contribution in [0.1, 0.15) is 6.42 Å². The predicted octanol–water partition coefficient (Wildman–Crippen LogP) is 3.26. The van der Waals surface area contributed by atoms with Crippen molar-refractivity contribution >= 4 is 29.1 Å². The average molecular weight is 214 g/mol. The topological polar surface area (TPSA) is 12.0 Å². The lowest BCUT2D eigenvalue weighted by atomic mass is 10.2. The number of halogens is 1. The highest BCUT2D eigenvalue weighted by Gasteiger charge is 2.14. The molecule has 0 unspecified atom stereocenters. The van der Waals surface area contributed by atoms with E-state index in [9.17, 15) is 0 Å². The highest BCUT2D eigenvalue weighted by molar-refractivity contribution is 7.99. The van der Waals surface area contributed by atoms with Crippen LogP contribution in [0, 0.1) is 0 Å². The molecule has 1 nitrogen and oxygen atoms in total. The molecule has 0 aliphatic carbocycles. The molecule has 1 aliphatic heterocycles. The molecule has 0 radical (unpaired) electrons. The van der Waals surface area contributed by atoms with Gasteiger partial charge < -0.3 is 5.32 Å². The first-order valence-electron chi connectivity index (χ1n) is 4.44. The van der Waals surface area contributed by atoms with Crippen molar-refractivity contribution in [1.82, 2.24) is 0 Å². The van der Waals surface area contributed by atoms with Crippen molar-refractivity contribution in [3.05, 3.63) is 29.3 Å². The number of benzene rings is 1. The van der Waals surface area contributed by atoms with E-state index < -0.39 is 0 Å². The Morgan fingerprint density at radius 2 is 2.38 bits per heavy atom. The second-order valence-corrected chi connectivity index (χ2v) is 4.80. The van der Waals surface area contributed by atoms with Crippen LogP contribution < -0.4 is 5.32 Å². The van der Waals surface area contributed by atoms with E-state index in [-0.39, 0.29) is 0 Å². The summed E-state index contributed by atoms with van der Waals surface area (Å²) in [7, 11) is 0. The first kappa shape index (κ1) is 9.22. The van der Waals surface area contributed by atoms with Gasteiger partial charge in [0, 0.05) is 22.5 Å². The minimum Gasteiger partial charge on any atom is -0.381 e. The summed E-state index contributed by atoms with van der Waals surface area (Å²) >= 11 is 7.90. The van der Waals surface area contributed by atoms with Crippen LogP contribution in [0.2, 0.25) is 5.02 Å². The van der Waals surface area contributed by atoms with E-state index in [1.165, 1.54) is 17.9 Å². The van der Waals surface area contributed by atoms with Crippen LogP contribution in [0.15, 0.2) is 24.3 Å². The van der Waals surface area contributed by atoms with E-state index in [0.717, 1.165) is 10.7 Å². The monoisotopic (exact) mass is 213 g/mol. The van der Waals surface area contributed by atoms with Gasteiger partial charge in [0.05, 0.1) is 0 Å². The summed E-state index contributed by atoms with van der Waals surface area (Å²) in [5.74, 6) is 2.49. The van der Waals surface area contributed by atoms with Crippen LogP contribution in [0.4, 0.5) is 5.69 Å². The molecule has 1 fully saturated rings. The normalized spacial score (nSPS) is 21.8. The van der Waals surface area contributed by atoms with Gasteiger partial charge in [-0.25, -0.2) is 0 Å². The summed E-state index contributed by atoms with van der Waals surface area (Å²) in [5, 5.41) is 4.28. The van der Waals surface area contributed by atoms with Gasteiger partial charge in [-0.05, 0) is 30.4 Å². The maximum absolute atomic E-state index is 5.89. The lowest BCUT2D eigenvalue weighted by Crippen LogP contribution is -2.17. The maximum Gasteiger partial charge on any atom is 0.0426 e. The van der Waals surface area contributed by atoms with Gasteiger partial charge in [-0.3, -0.25) is 0 Å². The van der Waals surface area contributed by atoms with Crippen molar-refractivity contribution in [3.8, 4) is 0 Å². The molecule has 3 heteroatoms. The first-order valence-corrected chi connectivity index (χ1v) is 5.98. The van der Waals surface area contributed by atoms with Crippen LogP contribution in [-0.4, -0.2) is 17.5 Å². The van der Waals surface area contributed by atoms with Crippen LogP contribution in [0.5, 0.6) is 0 Å². The van der Waals surface area contributed by atoms with Gasteiger partial charge in [0.15, 0.2) is 0 Å². The quantitative estimate of drug-likeness (QED) is 0.810. The Hall–Kier alpha value is -0.340. The average Bonchev–Trinajstić information content (AvgIpc) is 2.57. The Kier molecular flexibility index (Phi) is 3.01. The smallest absolute Gasteiger partial charge is 0.0426 e. The predicted molar refractivity (Wildman–Crippen MR) is 60.8 cm³/mol. The van der Waals surface area contributed by atoms with E-state index in [1.807, 2.05) is 30.0 Å². The van der Waals surface area contributed by atoms with Crippen molar-refractivity contribution in [2.24, 2.45) is 0 Å². The molecular weight excluding hydrogens is 202 g/mol. The van der Waals surface area contributed by atoms with E-state index >= 15 is 0 Å². The Morgan fingerprint density at radius 3 is 3.08 bits per heavy atom. The molecule has 13 heavy (non-hydrogen) atoms. The van der Waals surface area contributed by atoms with Gasteiger partial charge >= 0.3 is 0 Å². The van der Waals surface area contributed by atoms with Gasteiger partial charge in [0.25, 0.3) is 0 Å². The molecule has 1 N–H and O–H groups in total. The zero-order chi connectivity index (χ0) is 9.10. The fourth-order valence-electron chi connectivity index (χ4n) is 1.46. The highest BCUT2D eigenvalue weighted by Crippen LogP contribution is 2.22. The SMILES string of the molecule is Clc1cccc(N[C@@H]2CCSC2)c1. The summed E-state index contributed by atoms with van der Waals surface area (Å²) in [4.78, 5) is 0. The summed E-state index contributed by atoms with van der Waals surface area (Å²) in [6, 6.07) is 8.55. The lowest BCUT2D eigenvalue weighted by molar-refractivity contribution is 0.813. The molecule has 0 bridgehead atoms. The summed E-state index contributed by atoms with van der Waals surface area (Å²) in [6.07, 6.45) is 1.26. The van der Waals surface area contributed by atoms with E-state index in [4.69, 9.17) is 11.6 Å². The largest absolute Gasteiger partial charge is 0.381 e. The third-order valence-electron chi connectivity index (χ3n) is 2.13.